The quantitative estimate of drug-likeness (QED) is 0.0518. The minimum absolute atomic E-state index is 0.446. The SMILES string of the molecule is CC(C)=CCC/C(C)=C/CCCCCCCC(P(=O)(O[Si](C)(C)C)O[Si](C)(C)C)P(=O)(O[Si](C)(C)C)O[Si](C)(C)C. The molecular weight excluding hydrogens is 619 g/mol. The lowest BCUT2D eigenvalue weighted by Crippen LogP contribution is -2.37. The van der Waals surface area contributed by atoms with Crippen molar-refractivity contribution in [3.05, 3.63) is 23.3 Å². The van der Waals surface area contributed by atoms with Gasteiger partial charge in [-0.1, -0.05) is 49.0 Å². The van der Waals surface area contributed by atoms with Crippen LogP contribution in [-0.2, 0) is 26.0 Å². The zero-order valence-corrected chi connectivity index (χ0v) is 35.2. The molecule has 244 valence electrons. The Morgan fingerprint density at radius 2 is 0.927 bits per heavy atom. The molecule has 0 atom stereocenters. The van der Waals surface area contributed by atoms with Gasteiger partial charge in [0.15, 0.2) is 38.7 Å². The molecule has 0 N–H and O–H groups in total. The molecule has 0 aromatic carbocycles. The highest BCUT2D eigenvalue weighted by Crippen LogP contribution is 2.74. The highest BCUT2D eigenvalue weighted by molar-refractivity contribution is 7.75. The van der Waals surface area contributed by atoms with Gasteiger partial charge in [0.05, 0.1) is 0 Å². The van der Waals surface area contributed by atoms with Crippen LogP contribution >= 0.6 is 15.2 Å². The van der Waals surface area contributed by atoms with Crippen LogP contribution in [0, 0.1) is 0 Å². The fourth-order valence-corrected chi connectivity index (χ4v) is 23.5. The van der Waals surface area contributed by atoms with Gasteiger partial charge < -0.3 is 16.9 Å². The lowest BCUT2D eigenvalue weighted by molar-refractivity contribution is 0.345. The van der Waals surface area contributed by atoms with E-state index in [1.807, 2.05) is 78.6 Å². The lowest BCUT2D eigenvalue weighted by Gasteiger charge is -2.41. The van der Waals surface area contributed by atoms with Crippen molar-refractivity contribution in [1.82, 2.24) is 0 Å². The average molecular weight is 685 g/mol. The molecule has 0 saturated carbocycles. The van der Waals surface area contributed by atoms with Crippen molar-refractivity contribution in [3.8, 4) is 0 Å². The van der Waals surface area contributed by atoms with Crippen LogP contribution in [0.15, 0.2) is 23.3 Å². The summed E-state index contributed by atoms with van der Waals surface area (Å²) in [5.41, 5.74) is 2.84. The topological polar surface area (TPSA) is 71.1 Å². The van der Waals surface area contributed by atoms with E-state index in [1.165, 1.54) is 11.1 Å². The maximum atomic E-state index is 14.9. The molecule has 12 heteroatoms. The zero-order valence-electron chi connectivity index (χ0n) is 29.4. The highest BCUT2D eigenvalue weighted by atomic mass is 31.2. The van der Waals surface area contributed by atoms with Gasteiger partial charge in [0.1, 0.15) is 0 Å². The Morgan fingerprint density at radius 3 is 1.29 bits per heavy atom. The first kappa shape index (κ1) is 41.6. The summed E-state index contributed by atoms with van der Waals surface area (Å²) in [5, 5.41) is -0.904. The summed E-state index contributed by atoms with van der Waals surface area (Å²) in [6.07, 6.45) is 13.6. The summed E-state index contributed by atoms with van der Waals surface area (Å²) in [4.78, 5) is 0. The Labute approximate surface area is 259 Å². The normalized spacial score (nSPS) is 14.6. The third-order valence-electron chi connectivity index (χ3n) is 5.58. The van der Waals surface area contributed by atoms with Gasteiger partial charge in [-0.2, -0.15) is 0 Å². The van der Waals surface area contributed by atoms with Crippen molar-refractivity contribution in [1.29, 1.82) is 0 Å². The molecule has 0 aliphatic rings. The Kier molecular flexibility index (Phi) is 17.6. The first-order valence-corrected chi connectivity index (χ1v) is 32.4. The van der Waals surface area contributed by atoms with Gasteiger partial charge in [0.2, 0.25) is 0 Å². The molecule has 0 heterocycles. The number of hydrogen-bond acceptors (Lipinski definition) is 6. The molecule has 0 aliphatic carbocycles. The summed E-state index contributed by atoms with van der Waals surface area (Å²) in [6, 6.07) is 0. The summed E-state index contributed by atoms with van der Waals surface area (Å²) in [6.45, 7) is 30.6. The predicted octanol–water partition coefficient (Wildman–Crippen LogP) is 12.5. The van der Waals surface area contributed by atoms with E-state index in [0.29, 0.717) is 6.42 Å². The average Bonchev–Trinajstić information content (AvgIpc) is 2.65. The summed E-state index contributed by atoms with van der Waals surface area (Å²) in [5.74, 6) is 0. The van der Waals surface area contributed by atoms with Crippen LogP contribution in [-0.4, -0.2) is 38.7 Å². The van der Waals surface area contributed by atoms with Gasteiger partial charge in [-0.05, 0) is 131 Å². The second-order valence-electron chi connectivity index (χ2n) is 15.6. The number of unbranched alkanes of at least 4 members (excludes halogenated alkanes) is 5. The molecule has 0 aromatic rings. The van der Waals surface area contributed by atoms with Crippen molar-refractivity contribution in [2.45, 2.75) is 163 Å². The molecular formula is C29H66O6P2Si4. The van der Waals surface area contributed by atoms with Gasteiger partial charge in [-0.3, -0.25) is 9.13 Å². The molecule has 0 bridgehead atoms. The molecule has 0 aliphatic heterocycles. The molecule has 0 fully saturated rings. The molecule has 0 radical (unpaired) electrons. The third-order valence-corrected chi connectivity index (χ3v) is 22.1. The van der Waals surface area contributed by atoms with E-state index in [2.05, 4.69) is 32.9 Å². The van der Waals surface area contributed by atoms with Crippen LogP contribution in [0.3, 0.4) is 0 Å². The van der Waals surface area contributed by atoms with Crippen LogP contribution < -0.4 is 0 Å². The van der Waals surface area contributed by atoms with Crippen LogP contribution in [0.4, 0.5) is 0 Å². The minimum Gasteiger partial charge on any atom is -0.351 e. The Hall–Kier alpha value is 0.648. The molecule has 0 unspecified atom stereocenters. The fraction of sp³-hybridized carbons (Fsp3) is 0.862. The molecule has 0 amide bonds. The van der Waals surface area contributed by atoms with E-state index in [1.54, 1.807) is 0 Å². The van der Waals surface area contributed by atoms with Crippen molar-refractivity contribution in [3.63, 3.8) is 0 Å². The van der Waals surface area contributed by atoms with Crippen LogP contribution in [0.2, 0.25) is 78.6 Å². The third kappa shape index (κ3) is 21.1. The summed E-state index contributed by atoms with van der Waals surface area (Å²) in [7, 11) is -16.9. The van der Waals surface area contributed by atoms with E-state index in [9.17, 15) is 9.13 Å². The van der Waals surface area contributed by atoms with E-state index in [4.69, 9.17) is 16.9 Å². The standard InChI is InChI=1S/C29H66O6P2Si4/c1-27(2)23-22-25-28(3)24-20-18-16-17-19-21-26-29(36(30,32-38(4,5)6)33-39(7,8)9)37(31,34-40(10,11)12)35-41(13,14)15/h23-24,29H,16-22,25-26H2,1-15H3/b28-24+. The smallest absolute Gasteiger partial charge is 0.326 e. The van der Waals surface area contributed by atoms with Gasteiger partial charge in [-0.15, -0.1) is 0 Å². The lowest BCUT2D eigenvalue weighted by atomic mass is 10.1. The Bertz CT molecular complexity index is 847. The van der Waals surface area contributed by atoms with Crippen LogP contribution in [0.1, 0.15) is 78.6 Å². The Balaban J connectivity index is 5.80. The number of allylic oxidation sites excluding steroid dienone is 4. The fourth-order valence-electron chi connectivity index (χ4n) is 4.34. The van der Waals surface area contributed by atoms with E-state index in [0.717, 1.165) is 51.4 Å². The largest absolute Gasteiger partial charge is 0.351 e. The molecule has 0 aromatic heterocycles. The predicted molar refractivity (Wildman–Crippen MR) is 191 cm³/mol. The Morgan fingerprint density at radius 1 is 0.561 bits per heavy atom. The first-order chi connectivity index (χ1) is 18.3. The zero-order chi connectivity index (χ0) is 32.3. The number of hydrogen-bond donors (Lipinski definition) is 0. The molecule has 41 heavy (non-hydrogen) atoms. The minimum atomic E-state index is -3.82. The van der Waals surface area contributed by atoms with Crippen LogP contribution in [0.5, 0.6) is 0 Å². The van der Waals surface area contributed by atoms with Crippen molar-refractivity contribution < 1.29 is 26.0 Å². The highest BCUT2D eigenvalue weighted by Gasteiger charge is 2.55. The second kappa shape index (κ2) is 17.4. The van der Waals surface area contributed by atoms with Gasteiger partial charge in [0.25, 0.3) is 0 Å². The van der Waals surface area contributed by atoms with Crippen molar-refractivity contribution in [2.75, 3.05) is 0 Å². The molecule has 0 spiro atoms. The van der Waals surface area contributed by atoms with Gasteiger partial charge >= 0.3 is 15.2 Å². The van der Waals surface area contributed by atoms with E-state index in [-0.39, 0.29) is 0 Å². The second-order valence-corrected chi connectivity index (χ2v) is 39.2. The first-order valence-electron chi connectivity index (χ1n) is 15.6. The number of rotatable bonds is 21. The monoisotopic (exact) mass is 684 g/mol. The van der Waals surface area contributed by atoms with Gasteiger partial charge in [0, 0.05) is 0 Å². The molecule has 6 nitrogen and oxygen atoms in total. The summed E-state index contributed by atoms with van der Waals surface area (Å²) >= 11 is 0. The van der Waals surface area contributed by atoms with E-state index >= 15 is 0 Å². The summed E-state index contributed by atoms with van der Waals surface area (Å²) < 4.78 is 55.3. The van der Waals surface area contributed by atoms with Crippen molar-refractivity contribution in [2.24, 2.45) is 0 Å². The maximum absolute atomic E-state index is 14.9. The van der Waals surface area contributed by atoms with Gasteiger partial charge in [-0.25, -0.2) is 0 Å². The van der Waals surface area contributed by atoms with Crippen LogP contribution in [0.25, 0.3) is 0 Å². The molecule has 0 saturated heterocycles. The van der Waals surface area contributed by atoms with E-state index < -0.39 is 53.9 Å². The maximum Gasteiger partial charge on any atom is 0.326 e. The van der Waals surface area contributed by atoms with Crippen molar-refractivity contribution >= 4 is 48.5 Å². The molecule has 0 rings (SSSR count).